The maximum atomic E-state index is 12.7. The number of hydrogen-bond donors (Lipinski definition) is 0. The second kappa shape index (κ2) is 10.2. The Morgan fingerprint density at radius 3 is 2.34 bits per heavy atom. The third-order valence-corrected chi connectivity index (χ3v) is 5.48. The number of fused-ring (bicyclic) bond motifs is 1. The molecule has 0 spiro atoms. The van der Waals surface area contributed by atoms with Crippen molar-refractivity contribution >= 4 is 34.6 Å². The van der Waals surface area contributed by atoms with Gasteiger partial charge in [-0.05, 0) is 54.7 Å². The Morgan fingerprint density at radius 1 is 1.03 bits per heavy atom. The number of unbranched alkanes of at least 4 members (excludes halogenated alkanes) is 1. The summed E-state index contributed by atoms with van der Waals surface area (Å²) in [6, 6.07) is 13.4. The minimum atomic E-state index is -0.450. The highest BCUT2D eigenvalue weighted by Gasteiger charge is 2.22. The van der Waals surface area contributed by atoms with Gasteiger partial charge in [-0.3, -0.25) is 14.2 Å². The normalized spacial score (nSPS) is 11.2. The number of aromatic nitrogens is 1. The number of nitrogens with zero attached hydrogens (tertiary/aromatic N) is 1. The lowest BCUT2D eigenvalue weighted by Crippen LogP contribution is -2.08. The summed E-state index contributed by atoms with van der Waals surface area (Å²) in [6.45, 7) is 7.47. The monoisotopic (exact) mass is 431 g/mol. The number of ketones is 1. The molecule has 0 atom stereocenters. The van der Waals surface area contributed by atoms with Gasteiger partial charge >= 0.3 is 5.97 Å². The first-order valence-electron chi connectivity index (χ1n) is 11.0. The van der Waals surface area contributed by atoms with Crippen LogP contribution < -0.4 is 0 Å². The molecule has 0 aliphatic rings. The van der Waals surface area contributed by atoms with Gasteiger partial charge in [-0.2, -0.15) is 0 Å². The van der Waals surface area contributed by atoms with E-state index < -0.39 is 5.97 Å². The fourth-order valence-corrected chi connectivity index (χ4v) is 3.96. The van der Waals surface area contributed by atoms with Crippen LogP contribution in [0.15, 0.2) is 48.5 Å². The van der Waals surface area contributed by atoms with E-state index in [1.54, 1.807) is 10.6 Å². The largest absolute Gasteiger partial charge is 0.463 e. The average molecular weight is 432 g/mol. The molecule has 0 N–H and O–H groups in total. The zero-order chi connectivity index (χ0) is 23.3. The maximum Gasteiger partial charge on any atom is 0.330 e. The lowest BCUT2D eigenvalue weighted by Gasteiger charge is -2.09. The Kier molecular flexibility index (Phi) is 7.41. The molecule has 1 heterocycles. The molecule has 2 aromatic carbocycles. The van der Waals surface area contributed by atoms with Gasteiger partial charge < -0.3 is 4.74 Å². The minimum Gasteiger partial charge on any atom is -0.463 e. The molecule has 0 fully saturated rings. The van der Waals surface area contributed by atoms with E-state index in [1.807, 2.05) is 56.3 Å². The molecule has 0 saturated heterocycles. The molecule has 166 valence electrons. The van der Waals surface area contributed by atoms with Crippen molar-refractivity contribution < 1.29 is 19.1 Å². The van der Waals surface area contributed by atoms with Gasteiger partial charge in [-0.15, -0.1) is 0 Å². The van der Waals surface area contributed by atoms with Gasteiger partial charge in [0.2, 0.25) is 5.91 Å². The molecule has 3 rings (SSSR count). The fourth-order valence-electron chi connectivity index (χ4n) is 3.96. The molecule has 3 aromatic rings. The first-order valence-corrected chi connectivity index (χ1v) is 11.0. The standard InChI is InChI=1S/C27H29NO4/c1-5-7-15-32-26(31)14-13-21-16-25-24(17-23(21)18(3)29)22(6-2)27(28(25)19(4)30)20-11-9-8-10-12-20/h8-14,16-17H,5-7,15H2,1-4H3/b14-13+. The Bertz CT molecular complexity index is 1190. The second-order valence-corrected chi connectivity index (χ2v) is 7.77. The number of ether oxygens (including phenoxy) is 1. The Hall–Kier alpha value is -3.47. The van der Waals surface area contributed by atoms with Gasteiger partial charge in [0.15, 0.2) is 5.78 Å². The van der Waals surface area contributed by atoms with Crippen LogP contribution in [-0.2, 0) is 16.0 Å². The molecule has 32 heavy (non-hydrogen) atoms. The van der Waals surface area contributed by atoms with E-state index in [2.05, 4.69) is 0 Å². The van der Waals surface area contributed by atoms with Gasteiger partial charge in [0, 0.05) is 23.9 Å². The number of hydrogen-bond acceptors (Lipinski definition) is 4. The first-order chi connectivity index (χ1) is 15.4. The number of esters is 1. The van der Waals surface area contributed by atoms with Crippen LogP contribution in [0.4, 0.5) is 0 Å². The maximum absolute atomic E-state index is 12.7. The lowest BCUT2D eigenvalue weighted by atomic mass is 9.97. The fraction of sp³-hybridized carbons (Fsp3) is 0.296. The van der Waals surface area contributed by atoms with Crippen molar-refractivity contribution in [1.29, 1.82) is 0 Å². The third kappa shape index (κ3) is 4.72. The number of rotatable bonds is 8. The first kappa shape index (κ1) is 23.2. The van der Waals surface area contributed by atoms with Crippen molar-refractivity contribution in [3.63, 3.8) is 0 Å². The third-order valence-electron chi connectivity index (χ3n) is 5.48. The van der Waals surface area contributed by atoms with Crippen molar-refractivity contribution in [2.45, 2.75) is 47.0 Å². The molecule has 0 unspecified atom stereocenters. The van der Waals surface area contributed by atoms with Crippen LogP contribution in [0.3, 0.4) is 0 Å². The Labute approximate surface area is 188 Å². The van der Waals surface area contributed by atoms with E-state index in [1.165, 1.54) is 19.9 Å². The summed E-state index contributed by atoms with van der Waals surface area (Å²) in [4.78, 5) is 37.2. The smallest absolute Gasteiger partial charge is 0.330 e. The average Bonchev–Trinajstić information content (AvgIpc) is 3.11. The van der Waals surface area contributed by atoms with Gasteiger partial charge in [0.05, 0.1) is 17.8 Å². The van der Waals surface area contributed by atoms with E-state index in [0.29, 0.717) is 24.2 Å². The van der Waals surface area contributed by atoms with Crippen LogP contribution in [0.2, 0.25) is 0 Å². The minimum absolute atomic E-state index is 0.107. The van der Waals surface area contributed by atoms with Gasteiger partial charge in [-0.25, -0.2) is 4.79 Å². The van der Waals surface area contributed by atoms with Gasteiger partial charge in [0.1, 0.15) is 0 Å². The highest BCUT2D eigenvalue weighted by atomic mass is 16.5. The van der Waals surface area contributed by atoms with Crippen molar-refractivity contribution in [3.05, 3.63) is 65.2 Å². The predicted molar refractivity (Wildman–Crippen MR) is 128 cm³/mol. The van der Waals surface area contributed by atoms with Crippen molar-refractivity contribution in [2.75, 3.05) is 6.61 Å². The molecule has 5 heteroatoms. The van der Waals surface area contributed by atoms with Crippen LogP contribution in [0.1, 0.15) is 66.8 Å². The summed E-state index contributed by atoms with van der Waals surface area (Å²) in [6.07, 6.45) is 5.38. The SMILES string of the molecule is CCCCOC(=O)/C=C/c1cc2c(cc1C(C)=O)c(CC)c(-c1ccccc1)n2C(C)=O. The highest BCUT2D eigenvalue weighted by Crippen LogP contribution is 2.36. The predicted octanol–water partition coefficient (Wildman–Crippen LogP) is 6.09. The number of aryl methyl sites for hydroxylation is 1. The molecular weight excluding hydrogens is 402 g/mol. The summed E-state index contributed by atoms with van der Waals surface area (Å²) < 4.78 is 6.88. The molecule has 1 aromatic heterocycles. The van der Waals surface area contributed by atoms with Crippen LogP contribution in [0, 0.1) is 0 Å². The van der Waals surface area contributed by atoms with E-state index >= 15 is 0 Å². The number of Topliss-reactive ketones (excluding diaryl/α,β-unsaturated/α-hetero) is 1. The molecule has 0 saturated carbocycles. The molecule has 0 amide bonds. The van der Waals surface area contributed by atoms with Gasteiger partial charge in [-0.1, -0.05) is 50.6 Å². The lowest BCUT2D eigenvalue weighted by molar-refractivity contribution is -0.137. The molecule has 0 radical (unpaired) electrons. The quantitative estimate of drug-likeness (QED) is 0.187. The number of benzene rings is 2. The van der Waals surface area contributed by atoms with E-state index in [-0.39, 0.29) is 11.7 Å². The zero-order valence-electron chi connectivity index (χ0n) is 19.1. The molecular formula is C27H29NO4. The molecule has 5 nitrogen and oxygen atoms in total. The van der Waals surface area contributed by atoms with Crippen molar-refractivity contribution in [3.8, 4) is 11.3 Å². The Balaban J connectivity index is 2.22. The molecule has 0 aliphatic carbocycles. The highest BCUT2D eigenvalue weighted by molar-refractivity contribution is 6.07. The summed E-state index contributed by atoms with van der Waals surface area (Å²) in [5, 5.41) is 0.870. The second-order valence-electron chi connectivity index (χ2n) is 7.77. The van der Waals surface area contributed by atoms with Crippen LogP contribution in [0.25, 0.3) is 28.2 Å². The summed E-state index contributed by atoms with van der Waals surface area (Å²) in [5.74, 6) is -0.669. The van der Waals surface area contributed by atoms with E-state index in [9.17, 15) is 14.4 Å². The topological polar surface area (TPSA) is 65.4 Å². The molecule has 0 bridgehead atoms. The van der Waals surface area contributed by atoms with E-state index in [4.69, 9.17) is 4.74 Å². The number of carbonyl (C=O) groups excluding carboxylic acids is 3. The van der Waals surface area contributed by atoms with E-state index in [0.717, 1.165) is 40.6 Å². The van der Waals surface area contributed by atoms with Crippen molar-refractivity contribution in [2.24, 2.45) is 0 Å². The van der Waals surface area contributed by atoms with Gasteiger partial charge in [0.25, 0.3) is 0 Å². The number of carbonyl (C=O) groups is 3. The Morgan fingerprint density at radius 2 is 1.75 bits per heavy atom. The van der Waals surface area contributed by atoms with Crippen LogP contribution in [-0.4, -0.2) is 28.8 Å². The summed E-state index contributed by atoms with van der Waals surface area (Å²) >= 11 is 0. The summed E-state index contributed by atoms with van der Waals surface area (Å²) in [5.41, 5.74) is 4.60. The van der Waals surface area contributed by atoms with Crippen molar-refractivity contribution in [1.82, 2.24) is 4.57 Å². The molecule has 0 aliphatic heterocycles. The zero-order valence-corrected chi connectivity index (χ0v) is 19.1. The summed E-state index contributed by atoms with van der Waals surface area (Å²) in [7, 11) is 0. The van der Waals surface area contributed by atoms with Crippen LogP contribution >= 0.6 is 0 Å². The van der Waals surface area contributed by atoms with Crippen LogP contribution in [0.5, 0.6) is 0 Å².